The number of nitrogens with zero attached hydrogens (tertiary/aromatic N) is 3. The average Bonchev–Trinajstić information content (AvgIpc) is 2.90. The van der Waals surface area contributed by atoms with Crippen LogP contribution in [0.5, 0.6) is 0 Å². The van der Waals surface area contributed by atoms with Gasteiger partial charge in [0.15, 0.2) is 0 Å². The van der Waals surface area contributed by atoms with E-state index in [0.29, 0.717) is 25.3 Å². The van der Waals surface area contributed by atoms with Crippen molar-refractivity contribution in [2.75, 3.05) is 18.4 Å². The second-order valence-corrected chi connectivity index (χ2v) is 6.76. The number of aromatic nitrogens is 3. The summed E-state index contributed by atoms with van der Waals surface area (Å²) >= 11 is 6.35. The maximum absolute atomic E-state index is 13.2. The quantitative estimate of drug-likeness (QED) is 0.740. The van der Waals surface area contributed by atoms with Crippen molar-refractivity contribution in [1.29, 1.82) is 0 Å². The van der Waals surface area contributed by atoms with E-state index < -0.39 is 5.66 Å². The highest BCUT2D eigenvalue weighted by Crippen LogP contribution is 2.37. The number of nitrogens with one attached hydrogen (secondary N) is 3. The van der Waals surface area contributed by atoms with Crippen LogP contribution in [0.2, 0.25) is 5.02 Å². The second kappa shape index (κ2) is 5.82. The standard InChI is InChI=1S/C16H17ClN6O2/c1-9-7-18-5-3-16(9)22-14(24)13-10(17)6-11(15(25)23(13)16)21-12-2-4-19-8-20-12/h2,4,6,8-9,18H,3,5,7H2,1H3,(H,22,24)(H,19,20,21). The molecule has 0 radical (unpaired) electrons. The Kier molecular flexibility index (Phi) is 3.73. The number of fused-ring (bicyclic) bond motifs is 2. The number of amides is 1. The first-order chi connectivity index (χ1) is 12.0. The number of carbonyl (C=O) groups excluding carboxylic acids is 1. The number of anilines is 2. The lowest BCUT2D eigenvalue weighted by molar-refractivity contribution is 0.0764. The number of hydrogen-bond acceptors (Lipinski definition) is 6. The molecule has 1 saturated heterocycles. The number of piperidine rings is 1. The molecule has 2 unspecified atom stereocenters. The lowest BCUT2D eigenvalue weighted by Gasteiger charge is -2.41. The van der Waals surface area contributed by atoms with Gasteiger partial charge < -0.3 is 16.0 Å². The summed E-state index contributed by atoms with van der Waals surface area (Å²) in [5.41, 5.74) is -0.574. The van der Waals surface area contributed by atoms with Crippen molar-refractivity contribution in [3.63, 3.8) is 0 Å². The van der Waals surface area contributed by atoms with Gasteiger partial charge in [0, 0.05) is 25.1 Å². The van der Waals surface area contributed by atoms with E-state index in [1.54, 1.807) is 12.3 Å². The summed E-state index contributed by atoms with van der Waals surface area (Å²) in [6.07, 6.45) is 3.57. The summed E-state index contributed by atoms with van der Waals surface area (Å²) in [6, 6.07) is 3.12. The van der Waals surface area contributed by atoms with Gasteiger partial charge in [-0.05, 0) is 18.7 Å². The van der Waals surface area contributed by atoms with E-state index >= 15 is 0 Å². The first kappa shape index (κ1) is 16.0. The van der Waals surface area contributed by atoms with Crippen LogP contribution in [0.4, 0.5) is 11.5 Å². The van der Waals surface area contributed by atoms with Crippen LogP contribution in [0.3, 0.4) is 0 Å². The fourth-order valence-corrected chi connectivity index (χ4v) is 3.89. The van der Waals surface area contributed by atoms with Gasteiger partial charge >= 0.3 is 0 Å². The van der Waals surface area contributed by atoms with Crippen molar-refractivity contribution in [2.45, 2.75) is 19.0 Å². The third-order valence-corrected chi connectivity index (χ3v) is 5.18. The minimum atomic E-state index is -0.762. The summed E-state index contributed by atoms with van der Waals surface area (Å²) in [5.74, 6) is 0.201. The third-order valence-electron chi connectivity index (χ3n) is 4.89. The number of rotatable bonds is 2. The van der Waals surface area contributed by atoms with Gasteiger partial charge in [-0.15, -0.1) is 0 Å². The predicted octanol–water partition coefficient (Wildman–Crippen LogP) is 1.06. The molecule has 4 rings (SSSR count). The summed E-state index contributed by atoms with van der Waals surface area (Å²) in [7, 11) is 0. The van der Waals surface area contributed by atoms with Gasteiger partial charge in [0.1, 0.15) is 29.2 Å². The van der Waals surface area contributed by atoms with Crippen LogP contribution >= 0.6 is 11.6 Å². The number of carbonyl (C=O) groups is 1. The summed E-state index contributed by atoms with van der Waals surface area (Å²) in [5, 5.41) is 9.49. The minimum absolute atomic E-state index is 0.0366. The predicted molar refractivity (Wildman–Crippen MR) is 93.1 cm³/mol. The van der Waals surface area contributed by atoms with Crippen LogP contribution in [-0.4, -0.2) is 33.5 Å². The molecular formula is C16H17ClN6O2. The van der Waals surface area contributed by atoms with Crippen molar-refractivity contribution in [3.8, 4) is 0 Å². The van der Waals surface area contributed by atoms with Gasteiger partial charge in [-0.25, -0.2) is 9.97 Å². The normalized spacial score (nSPS) is 24.9. The van der Waals surface area contributed by atoms with E-state index in [2.05, 4.69) is 25.9 Å². The van der Waals surface area contributed by atoms with Gasteiger partial charge in [0.2, 0.25) is 0 Å². The average molecular weight is 361 g/mol. The zero-order valence-electron chi connectivity index (χ0n) is 13.5. The molecule has 0 bridgehead atoms. The van der Waals surface area contributed by atoms with Gasteiger partial charge in [0.05, 0.1) is 5.02 Å². The third kappa shape index (κ3) is 2.40. The van der Waals surface area contributed by atoms with Crippen LogP contribution in [0.1, 0.15) is 23.8 Å². The zero-order valence-corrected chi connectivity index (χ0v) is 14.3. The largest absolute Gasteiger partial charge is 0.336 e. The van der Waals surface area contributed by atoms with Gasteiger partial charge in [-0.1, -0.05) is 18.5 Å². The van der Waals surface area contributed by atoms with Crippen molar-refractivity contribution >= 4 is 29.0 Å². The highest BCUT2D eigenvalue weighted by Gasteiger charge is 2.49. The SMILES string of the molecule is CC1CNCCC12NC(=O)c1c(Cl)cc(Nc3ccncn3)c(=O)n12. The topological polar surface area (TPSA) is 101 Å². The van der Waals surface area contributed by atoms with Crippen molar-refractivity contribution < 1.29 is 4.79 Å². The zero-order chi connectivity index (χ0) is 17.6. The second-order valence-electron chi connectivity index (χ2n) is 6.35. The maximum atomic E-state index is 13.2. The van der Waals surface area contributed by atoms with Crippen LogP contribution in [0.15, 0.2) is 29.5 Å². The Morgan fingerprint density at radius 2 is 2.28 bits per heavy atom. The Bertz CT molecular complexity index is 899. The smallest absolute Gasteiger partial charge is 0.276 e. The molecule has 2 atom stereocenters. The molecule has 130 valence electrons. The summed E-state index contributed by atoms with van der Waals surface area (Å²) in [4.78, 5) is 33.6. The first-order valence-electron chi connectivity index (χ1n) is 8.05. The van der Waals surface area contributed by atoms with E-state index in [0.717, 1.165) is 0 Å². The van der Waals surface area contributed by atoms with Crippen molar-refractivity contribution in [3.05, 3.63) is 45.7 Å². The van der Waals surface area contributed by atoms with E-state index in [4.69, 9.17) is 11.6 Å². The molecule has 9 heteroatoms. The molecule has 2 aliphatic rings. The lowest BCUT2D eigenvalue weighted by Crippen LogP contribution is -2.58. The molecule has 0 saturated carbocycles. The number of halogens is 1. The highest BCUT2D eigenvalue weighted by atomic mass is 35.5. The Morgan fingerprint density at radius 3 is 3.00 bits per heavy atom. The fourth-order valence-electron chi connectivity index (χ4n) is 3.61. The molecule has 3 N–H and O–H groups in total. The molecule has 0 aliphatic carbocycles. The van der Waals surface area contributed by atoms with Crippen LogP contribution in [-0.2, 0) is 5.66 Å². The van der Waals surface area contributed by atoms with E-state index in [1.165, 1.54) is 17.0 Å². The summed E-state index contributed by atoms with van der Waals surface area (Å²) < 4.78 is 1.52. The van der Waals surface area contributed by atoms with Crippen molar-refractivity contribution in [1.82, 2.24) is 25.2 Å². The molecule has 2 aliphatic heterocycles. The van der Waals surface area contributed by atoms with E-state index in [1.807, 2.05) is 6.92 Å². The lowest BCUT2D eigenvalue weighted by atomic mass is 9.87. The molecule has 25 heavy (non-hydrogen) atoms. The molecular weight excluding hydrogens is 344 g/mol. The maximum Gasteiger partial charge on any atom is 0.276 e. The van der Waals surface area contributed by atoms with Gasteiger partial charge in [-0.3, -0.25) is 14.2 Å². The molecule has 4 heterocycles. The van der Waals surface area contributed by atoms with Crippen LogP contribution in [0, 0.1) is 5.92 Å². The van der Waals surface area contributed by atoms with E-state index in [9.17, 15) is 9.59 Å². The minimum Gasteiger partial charge on any atom is -0.336 e. The monoisotopic (exact) mass is 360 g/mol. The molecule has 1 spiro atoms. The summed E-state index contributed by atoms with van der Waals surface area (Å²) in [6.45, 7) is 3.41. The Labute approximate surface area is 148 Å². The number of pyridine rings is 1. The van der Waals surface area contributed by atoms with E-state index in [-0.39, 0.29) is 33.8 Å². The van der Waals surface area contributed by atoms with Gasteiger partial charge in [-0.2, -0.15) is 0 Å². The van der Waals surface area contributed by atoms with Crippen LogP contribution < -0.4 is 21.5 Å². The van der Waals surface area contributed by atoms with Crippen molar-refractivity contribution in [2.24, 2.45) is 5.92 Å². The molecule has 2 aromatic rings. The first-order valence-corrected chi connectivity index (χ1v) is 8.43. The molecule has 1 amide bonds. The molecule has 0 aromatic carbocycles. The fraction of sp³-hybridized carbons (Fsp3) is 0.375. The molecule has 1 fully saturated rings. The number of hydrogen-bond donors (Lipinski definition) is 3. The van der Waals surface area contributed by atoms with Crippen LogP contribution in [0.25, 0.3) is 0 Å². The van der Waals surface area contributed by atoms with Gasteiger partial charge in [0.25, 0.3) is 11.5 Å². The highest BCUT2D eigenvalue weighted by molar-refractivity contribution is 6.34. The Hall–Kier alpha value is -2.45. The Balaban J connectivity index is 1.88. The Morgan fingerprint density at radius 1 is 1.44 bits per heavy atom. The molecule has 2 aromatic heterocycles. The molecule has 8 nitrogen and oxygen atoms in total.